The Morgan fingerprint density at radius 1 is 1.16 bits per heavy atom. The van der Waals surface area contributed by atoms with Gasteiger partial charge in [-0.05, 0) is 24.6 Å². The van der Waals surface area contributed by atoms with E-state index < -0.39 is 23.4 Å². The van der Waals surface area contributed by atoms with E-state index >= 15 is 0 Å². The summed E-state index contributed by atoms with van der Waals surface area (Å²) in [5, 5.41) is 22.9. The summed E-state index contributed by atoms with van der Waals surface area (Å²) in [6, 6.07) is 3.78. The SMILES string of the molecule is CC(n1ccnn1)C(O)(Cn1cncn1)c1ccc(C(F)(F)F)cc1. The first-order chi connectivity index (χ1) is 11.8. The standard InChI is InChI=1S/C15H15F3N6O/c1-11(24-7-6-20-22-24)14(25,8-23-10-19-9-21-23)12-2-4-13(5-3-12)15(16,17)18/h2-7,9-11,25H,8H2,1H3. The lowest BCUT2D eigenvalue weighted by Gasteiger charge is -2.34. The first-order valence-corrected chi connectivity index (χ1v) is 7.39. The van der Waals surface area contributed by atoms with Gasteiger partial charge >= 0.3 is 6.18 Å². The van der Waals surface area contributed by atoms with Crippen molar-refractivity contribution in [2.24, 2.45) is 0 Å². The highest BCUT2D eigenvalue weighted by Gasteiger charge is 2.39. The van der Waals surface area contributed by atoms with Crippen molar-refractivity contribution in [3.8, 4) is 0 Å². The summed E-state index contributed by atoms with van der Waals surface area (Å²) in [6.07, 6.45) is 1.32. The second-order valence-corrected chi connectivity index (χ2v) is 5.65. The molecule has 7 nitrogen and oxygen atoms in total. The van der Waals surface area contributed by atoms with Crippen molar-refractivity contribution in [2.75, 3.05) is 0 Å². The van der Waals surface area contributed by atoms with Gasteiger partial charge in [-0.3, -0.25) is 0 Å². The van der Waals surface area contributed by atoms with E-state index in [0.717, 1.165) is 12.1 Å². The van der Waals surface area contributed by atoms with Gasteiger partial charge in [-0.25, -0.2) is 14.3 Å². The van der Waals surface area contributed by atoms with Gasteiger partial charge in [0.2, 0.25) is 0 Å². The Hall–Kier alpha value is -2.75. The van der Waals surface area contributed by atoms with Gasteiger partial charge in [-0.1, -0.05) is 17.3 Å². The van der Waals surface area contributed by atoms with Crippen LogP contribution in [0.3, 0.4) is 0 Å². The molecule has 0 aliphatic carbocycles. The summed E-state index contributed by atoms with van der Waals surface area (Å²) in [4.78, 5) is 3.83. The predicted octanol–water partition coefficient (Wildman–Crippen LogP) is 2.04. The van der Waals surface area contributed by atoms with Crippen LogP contribution in [0.5, 0.6) is 0 Å². The van der Waals surface area contributed by atoms with E-state index in [-0.39, 0.29) is 6.54 Å². The van der Waals surface area contributed by atoms with Gasteiger partial charge in [0.1, 0.15) is 18.3 Å². The van der Waals surface area contributed by atoms with Crippen LogP contribution >= 0.6 is 0 Å². The first-order valence-electron chi connectivity index (χ1n) is 7.39. The van der Waals surface area contributed by atoms with Gasteiger partial charge in [0.15, 0.2) is 0 Å². The molecule has 3 aromatic rings. The Morgan fingerprint density at radius 3 is 2.36 bits per heavy atom. The maximum Gasteiger partial charge on any atom is 0.416 e. The van der Waals surface area contributed by atoms with Gasteiger partial charge in [-0.15, -0.1) is 5.10 Å². The minimum atomic E-state index is -4.44. The molecule has 0 aliphatic rings. The van der Waals surface area contributed by atoms with Crippen molar-refractivity contribution in [1.82, 2.24) is 29.8 Å². The average molecular weight is 352 g/mol. The quantitative estimate of drug-likeness (QED) is 0.760. The molecule has 2 heterocycles. The zero-order valence-electron chi connectivity index (χ0n) is 13.2. The second-order valence-electron chi connectivity index (χ2n) is 5.65. The Labute approximate surface area is 140 Å². The monoisotopic (exact) mass is 352 g/mol. The average Bonchev–Trinajstić information content (AvgIpc) is 3.27. The van der Waals surface area contributed by atoms with Crippen LogP contribution < -0.4 is 0 Å². The lowest BCUT2D eigenvalue weighted by Crippen LogP contribution is -2.40. The summed E-state index contributed by atoms with van der Waals surface area (Å²) < 4.78 is 41.2. The molecule has 0 bridgehead atoms. The Bertz CT molecular complexity index is 801. The van der Waals surface area contributed by atoms with Gasteiger partial charge < -0.3 is 5.11 Å². The van der Waals surface area contributed by atoms with E-state index in [1.165, 1.54) is 40.3 Å². The molecule has 0 fully saturated rings. The van der Waals surface area contributed by atoms with Crippen LogP contribution in [0.15, 0.2) is 49.3 Å². The number of nitrogens with zero attached hydrogens (tertiary/aromatic N) is 6. The van der Waals surface area contributed by atoms with Crippen LogP contribution in [0.2, 0.25) is 0 Å². The molecule has 3 rings (SSSR count). The summed E-state index contributed by atoms with van der Waals surface area (Å²) >= 11 is 0. The molecule has 0 saturated carbocycles. The smallest absolute Gasteiger partial charge is 0.381 e. The molecule has 1 aromatic carbocycles. The topological polar surface area (TPSA) is 81.6 Å². The fourth-order valence-corrected chi connectivity index (χ4v) is 2.62. The van der Waals surface area contributed by atoms with Crippen LogP contribution in [0.1, 0.15) is 24.1 Å². The molecule has 2 unspecified atom stereocenters. The fraction of sp³-hybridized carbons (Fsp3) is 0.333. The molecule has 0 saturated heterocycles. The molecule has 10 heteroatoms. The second kappa shape index (κ2) is 6.28. The number of alkyl halides is 3. The van der Waals surface area contributed by atoms with Crippen LogP contribution in [-0.2, 0) is 18.3 Å². The molecule has 2 atom stereocenters. The van der Waals surface area contributed by atoms with Gasteiger partial charge in [-0.2, -0.15) is 18.3 Å². The van der Waals surface area contributed by atoms with Crippen molar-refractivity contribution in [3.05, 3.63) is 60.4 Å². The van der Waals surface area contributed by atoms with Gasteiger partial charge in [0.05, 0.1) is 24.3 Å². The number of hydrogen-bond acceptors (Lipinski definition) is 5. The predicted molar refractivity (Wildman–Crippen MR) is 80.1 cm³/mol. The molecule has 0 spiro atoms. The number of aromatic nitrogens is 6. The highest BCUT2D eigenvalue weighted by molar-refractivity contribution is 5.29. The number of halogens is 3. The maximum atomic E-state index is 12.8. The van der Waals surface area contributed by atoms with Crippen molar-refractivity contribution < 1.29 is 18.3 Å². The van der Waals surface area contributed by atoms with Crippen LogP contribution in [0.25, 0.3) is 0 Å². The van der Waals surface area contributed by atoms with Crippen LogP contribution in [-0.4, -0.2) is 34.9 Å². The summed E-state index contributed by atoms with van der Waals surface area (Å²) in [6.45, 7) is 1.68. The number of hydrogen-bond donors (Lipinski definition) is 1. The van der Waals surface area contributed by atoms with Crippen molar-refractivity contribution >= 4 is 0 Å². The zero-order valence-corrected chi connectivity index (χ0v) is 13.2. The minimum Gasteiger partial charge on any atom is -0.381 e. The van der Waals surface area contributed by atoms with E-state index in [0.29, 0.717) is 5.56 Å². The number of aliphatic hydroxyl groups is 1. The maximum absolute atomic E-state index is 12.8. The van der Waals surface area contributed by atoms with Gasteiger partial charge in [0.25, 0.3) is 0 Å². The third kappa shape index (κ3) is 3.38. The first kappa shape index (κ1) is 17.1. The lowest BCUT2D eigenvalue weighted by atomic mass is 9.86. The Balaban J connectivity index is 2.01. The zero-order chi connectivity index (χ0) is 18.1. The molecule has 0 aliphatic heterocycles. The molecular weight excluding hydrogens is 337 g/mol. The highest BCUT2D eigenvalue weighted by atomic mass is 19.4. The fourth-order valence-electron chi connectivity index (χ4n) is 2.62. The molecule has 25 heavy (non-hydrogen) atoms. The Morgan fingerprint density at radius 2 is 1.84 bits per heavy atom. The summed E-state index contributed by atoms with van der Waals surface area (Å²) in [7, 11) is 0. The van der Waals surface area contributed by atoms with E-state index in [9.17, 15) is 18.3 Å². The van der Waals surface area contributed by atoms with Crippen molar-refractivity contribution in [2.45, 2.75) is 31.3 Å². The third-order valence-electron chi connectivity index (χ3n) is 4.11. The van der Waals surface area contributed by atoms with Crippen LogP contribution in [0.4, 0.5) is 13.2 Å². The molecular formula is C15H15F3N6O. The Kier molecular flexibility index (Phi) is 4.29. The van der Waals surface area contributed by atoms with E-state index in [1.807, 2.05) is 0 Å². The summed E-state index contributed by atoms with van der Waals surface area (Å²) in [5.74, 6) is 0. The number of benzene rings is 1. The van der Waals surface area contributed by atoms with Crippen molar-refractivity contribution in [3.63, 3.8) is 0 Å². The largest absolute Gasteiger partial charge is 0.416 e. The normalized spacial score (nSPS) is 15.7. The molecule has 1 N–H and O–H groups in total. The third-order valence-corrected chi connectivity index (χ3v) is 4.11. The van der Waals surface area contributed by atoms with E-state index in [2.05, 4.69) is 20.4 Å². The molecule has 0 radical (unpaired) electrons. The van der Waals surface area contributed by atoms with Crippen LogP contribution in [0, 0.1) is 0 Å². The van der Waals surface area contributed by atoms with E-state index in [4.69, 9.17) is 0 Å². The minimum absolute atomic E-state index is 0.0145. The number of rotatable bonds is 5. The van der Waals surface area contributed by atoms with E-state index in [1.54, 1.807) is 13.1 Å². The molecule has 0 amide bonds. The molecule has 2 aromatic heterocycles. The summed E-state index contributed by atoms with van der Waals surface area (Å²) in [5.41, 5.74) is -2.06. The molecule has 132 valence electrons. The van der Waals surface area contributed by atoms with Gasteiger partial charge in [0, 0.05) is 6.20 Å². The lowest BCUT2D eigenvalue weighted by molar-refractivity contribution is -0.137. The highest BCUT2D eigenvalue weighted by Crippen LogP contribution is 2.36. The van der Waals surface area contributed by atoms with Crippen molar-refractivity contribution in [1.29, 1.82) is 0 Å².